The third-order valence-electron chi connectivity index (χ3n) is 2.76. The van der Waals surface area contributed by atoms with E-state index in [-0.39, 0.29) is 11.5 Å². The van der Waals surface area contributed by atoms with Gasteiger partial charge in [-0.15, -0.1) is 11.8 Å². The van der Waals surface area contributed by atoms with E-state index >= 15 is 0 Å². The molecule has 1 aromatic rings. The monoisotopic (exact) mass is 273 g/mol. The Labute approximate surface area is 110 Å². The molecule has 1 aromatic heterocycles. The van der Waals surface area contributed by atoms with Crippen molar-refractivity contribution in [1.82, 2.24) is 10.1 Å². The minimum Gasteiger partial charge on any atom is -0.338 e. The molecule has 0 saturated carbocycles. The molecule has 2 atom stereocenters. The van der Waals surface area contributed by atoms with Crippen LogP contribution in [0, 0.1) is 5.41 Å². The van der Waals surface area contributed by atoms with Crippen molar-refractivity contribution in [2.75, 3.05) is 17.3 Å². The molecule has 0 radical (unpaired) electrons. The van der Waals surface area contributed by atoms with Gasteiger partial charge in [0.1, 0.15) is 0 Å². The van der Waals surface area contributed by atoms with E-state index in [1.54, 1.807) is 0 Å². The zero-order chi connectivity index (χ0) is 12.5. The van der Waals surface area contributed by atoms with Crippen LogP contribution in [0.1, 0.15) is 43.8 Å². The second-order valence-corrected chi connectivity index (χ2v) is 7.73. The topological polar surface area (TPSA) is 64.9 Å². The number of aromatic nitrogens is 2. The molecule has 4 nitrogen and oxygen atoms in total. The molecule has 1 saturated heterocycles. The molecule has 1 aliphatic heterocycles. The number of nitrogens with two attached hydrogens (primary N) is 1. The maximum Gasteiger partial charge on any atom is 0.244 e. The Hall–Kier alpha value is -0.200. The number of nitrogens with zero attached hydrogens (tertiary/aromatic N) is 2. The summed E-state index contributed by atoms with van der Waals surface area (Å²) in [5.74, 6) is 4.80. The van der Waals surface area contributed by atoms with E-state index in [0.29, 0.717) is 11.1 Å². The molecule has 2 unspecified atom stereocenters. The second-order valence-electron chi connectivity index (χ2n) is 5.27. The molecule has 0 aliphatic carbocycles. The van der Waals surface area contributed by atoms with Gasteiger partial charge >= 0.3 is 0 Å². The standard InChI is InChI=1S/C11H19N3OS2/c1-11(2,3)8(12)10-13-9(14-15-10)7-6-16-4-5-17-7/h7-8H,4-6,12H2,1-3H3. The maximum atomic E-state index is 6.11. The normalized spacial score (nSPS) is 23.6. The van der Waals surface area contributed by atoms with Crippen LogP contribution in [0.3, 0.4) is 0 Å². The van der Waals surface area contributed by atoms with Gasteiger partial charge in [0.15, 0.2) is 5.82 Å². The molecule has 1 fully saturated rings. The van der Waals surface area contributed by atoms with Gasteiger partial charge in [-0.25, -0.2) is 0 Å². The Morgan fingerprint density at radius 1 is 1.41 bits per heavy atom. The lowest BCUT2D eigenvalue weighted by Crippen LogP contribution is -2.26. The van der Waals surface area contributed by atoms with Crippen LogP contribution in [0.25, 0.3) is 0 Å². The lowest BCUT2D eigenvalue weighted by Gasteiger charge is -2.23. The predicted molar refractivity (Wildman–Crippen MR) is 73.2 cm³/mol. The SMILES string of the molecule is CC(C)(C)C(N)c1nc(C2CSCCS2)no1. The summed E-state index contributed by atoms with van der Waals surface area (Å²) in [5.41, 5.74) is 6.05. The Morgan fingerprint density at radius 3 is 2.76 bits per heavy atom. The molecule has 0 aromatic carbocycles. The third-order valence-corrected chi connectivity index (χ3v) is 5.51. The van der Waals surface area contributed by atoms with Crippen molar-refractivity contribution in [3.63, 3.8) is 0 Å². The molecule has 96 valence electrons. The van der Waals surface area contributed by atoms with Crippen LogP contribution in [0.2, 0.25) is 0 Å². The minimum absolute atomic E-state index is 0.0573. The Morgan fingerprint density at radius 2 is 2.18 bits per heavy atom. The molecule has 2 N–H and O–H groups in total. The minimum atomic E-state index is -0.204. The zero-order valence-electron chi connectivity index (χ0n) is 10.5. The summed E-state index contributed by atoms with van der Waals surface area (Å²) in [4.78, 5) is 4.46. The second kappa shape index (κ2) is 5.20. The maximum absolute atomic E-state index is 6.11. The van der Waals surface area contributed by atoms with Gasteiger partial charge in [0.05, 0.1) is 11.3 Å². The third kappa shape index (κ3) is 3.17. The first kappa shape index (κ1) is 13.2. The van der Waals surface area contributed by atoms with E-state index in [4.69, 9.17) is 10.3 Å². The van der Waals surface area contributed by atoms with Crippen molar-refractivity contribution < 1.29 is 4.52 Å². The van der Waals surface area contributed by atoms with Gasteiger partial charge in [-0.1, -0.05) is 25.9 Å². The largest absolute Gasteiger partial charge is 0.338 e. The van der Waals surface area contributed by atoms with Crippen molar-refractivity contribution in [1.29, 1.82) is 0 Å². The van der Waals surface area contributed by atoms with Gasteiger partial charge in [-0.05, 0) is 5.41 Å². The summed E-state index contributed by atoms with van der Waals surface area (Å²) in [5, 5.41) is 4.43. The average molecular weight is 273 g/mol. The van der Waals surface area contributed by atoms with Crippen molar-refractivity contribution in [3.8, 4) is 0 Å². The van der Waals surface area contributed by atoms with Gasteiger partial charge in [0, 0.05) is 17.3 Å². The highest BCUT2D eigenvalue weighted by molar-refractivity contribution is 8.06. The van der Waals surface area contributed by atoms with Gasteiger partial charge < -0.3 is 10.3 Å². The van der Waals surface area contributed by atoms with E-state index in [1.807, 2.05) is 23.5 Å². The van der Waals surface area contributed by atoms with E-state index in [1.165, 1.54) is 5.75 Å². The first-order valence-electron chi connectivity index (χ1n) is 5.77. The first-order chi connectivity index (χ1) is 7.98. The molecular weight excluding hydrogens is 254 g/mol. The van der Waals surface area contributed by atoms with Crippen LogP contribution in [-0.2, 0) is 0 Å². The number of thioether (sulfide) groups is 2. The summed E-state index contributed by atoms with van der Waals surface area (Å²) in [6.07, 6.45) is 0. The van der Waals surface area contributed by atoms with Crippen LogP contribution in [-0.4, -0.2) is 27.4 Å². The number of rotatable bonds is 2. The molecular formula is C11H19N3OS2. The number of hydrogen-bond donors (Lipinski definition) is 1. The molecule has 17 heavy (non-hydrogen) atoms. The molecule has 2 rings (SSSR count). The highest BCUT2D eigenvalue weighted by atomic mass is 32.2. The number of hydrogen-bond acceptors (Lipinski definition) is 6. The fourth-order valence-corrected chi connectivity index (χ4v) is 4.10. The van der Waals surface area contributed by atoms with Crippen molar-refractivity contribution in [2.45, 2.75) is 32.1 Å². The van der Waals surface area contributed by atoms with Crippen LogP contribution in [0.15, 0.2) is 4.52 Å². The Balaban J connectivity index is 2.10. The molecule has 6 heteroatoms. The summed E-state index contributed by atoms with van der Waals surface area (Å²) < 4.78 is 5.30. The quantitative estimate of drug-likeness (QED) is 0.893. The van der Waals surface area contributed by atoms with E-state index in [9.17, 15) is 0 Å². The predicted octanol–water partition coefficient (Wildman–Crippen LogP) is 2.64. The fraction of sp³-hybridized carbons (Fsp3) is 0.818. The van der Waals surface area contributed by atoms with E-state index < -0.39 is 0 Å². The Bertz CT molecular complexity index is 369. The highest BCUT2D eigenvalue weighted by Crippen LogP contribution is 2.36. The van der Waals surface area contributed by atoms with E-state index in [0.717, 1.165) is 17.3 Å². The fourth-order valence-electron chi connectivity index (χ4n) is 1.51. The molecule has 0 bridgehead atoms. The van der Waals surface area contributed by atoms with Crippen molar-refractivity contribution >= 4 is 23.5 Å². The van der Waals surface area contributed by atoms with Gasteiger partial charge in [-0.2, -0.15) is 16.7 Å². The molecule has 0 amide bonds. The zero-order valence-corrected chi connectivity index (χ0v) is 12.1. The van der Waals surface area contributed by atoms with Crippen LogP contribution >= 0.6 is 23.5 Å². The highest BCUT2D eigenvalue weighted by Gasteiger charge is 2.29. The summed E-state index contributed by atoms with van der Waals surface area (Å²) in [7, 11) is 0. The lowest BCUT2D eigenvalue weighted by molar-refractivity contribution is 0.252. The molecule has 0 spiro atoms. The smallest absolute Gasteiger partial charge is 0.244 e. The molecule has 1 aliphatic rings. The van der Waals surface area contributed by atoms with Crippen LogP contribution in [0.5, 0.6) is 0 Å². The van der Waals surface area contributed by atoms with Crippen molar-refractivity contribution in [3.05, 3.63) is 11.7 Å². The molecule has 2 heterocycles. The summed E-state index contributed by atoms with van der Waals surface area (Å²) in [6.45, 7) is 6.23. The first-order valence-corrected chi connectivity index (χ1v) is 7.97. The van der Waals surface area contributed by atoms with E-state index in [2.05, 4.69) is 30.9 Å². The van der Waals surface area contributed by atoms with Gasteiger partial charge in [0.2, 0.25) is 5.89 Å². The lowest BCUT2D eigenvalue weighted by atomic mass is 9.87. The van der Waals surface area contributed by atoms with Gasteiger partial charge in [-0.3, -0.25) is 0 Å². The Kier molecular flexibility index (Phi) is 4.05. The van der Waals surface area contributed by atoms with Crippen LogP contribution < -0.4 is 5.73 Å². The van der Waals surface area contributed by atoms with Crippen molar-refractivity contribution in [2.24, 2.45) is 11.1 Å². The summed E-state index contributed by atoms with van der Waals surface area (Å²) in [6, 6.07) is -0.204. The average Bonchev–Trinajstić information content (AvgIpc) is 2.77. The van der Waals surface area contributed by atoms with Gasteiger partial charge in [0.25, 0.3) is 0 Å². The summed E-state index contributed by atoms with van der Waals surface area (Å²) >= 11 is 3.85. The van der Waals surface area contributed by atoms with Crippen LogP contribution in [0.4, 0.5) is 0 Å².